The Labute approximate surface area is 137 Å². The van der Waals surface area contributed by atoms with Crippen molar-refractivity contribution in [3.05, 3.63) is 56.6 Å². The van der Waals surface area contributed by atoms with Crippen molar-refractivity contribution in [1.82, 2.24) is 0 Å². The average molecular weight is 356 g/mol. The molecular formula is C12H8N2O5S3. The van der Waals surface area contributed by atoms with Gasteiger partial charge in [0.1, 0.15) is 0 Å². The summed E-state index contributed by atoms with van der Waals surface area (Å²) >= 11 is 7.91. The third-order valence-electron chi connectivity index (χ3n) is 2.72. The topological polar surface area (TPSA) is 103 Å². The molecule has 10 heteroatoms. The van der Waals surface area contributed by atoms with Crippen molar-refractivity contribution < 1.29 is 14.1 Å². The van der Waals surface area contributed by atoms with Gasteiger partial charge in [0.2, 0.25) is 0 Å². The molecule has 0 saturated carbocycles. The van der Waals surface area contributed by atoms with Crippen LogP contribution in [0.15, 0.2) is 56.0 Å². The molecule has 0 aliphatic carbocycles. The van der Waals surface area contributed by atoms with Gasteiger partial charge in [-0.3, -0.25) is 20.2 Å². The number of nitro groups is 2. The third-order valence-corrected chi connectivity index (χ3v) is 4.84. The number of nitrogens with zero attached hydrogens (tertiary/aromatic N) is 2. The summed E-state index contributed by atoms with van der Waals surface area (Å²) in [5.74, 6) is 0. The van der Waals surface area contributed by atoms with Gasteiger partial charge >= 0.3 is 0 Å². The Morgan fingerprint density at radius 2 is 1.18 bits per heavy atom. The Morgan fingerprint density at radius 1 is 0.818 bits per heavy atom. The number of thiol groups is 2. The molecular weight excluding hydrogens is 348 g/mol. The SMILES string of the molecule is O=[N+]([O-])c1cc(S(=O)c2ccc(S)c([N+](=O)[O-])c2)ccc1S. The molecule has 0 N–H and O–H groups in total. The lowest BCUT2D eigenvalue weighted by atomic mass is 10.3. The van der Waals surface area contributed by atoms with Crippen molar-refractivity contribution in [3.8, 4) is 0 Å². The molecule has 7 nitrogen and oxygen atoms in total. The van der Waals surface area contributed by atoms with Crippen LogP contribution in [0.25, 0.3) is 0 Å². The second-order valence-corrected chi connectivity index (χ2v) is 6.53. The Bertz CT molecular complexity index is 744. The van der Waals surface area contributed by atoms with Crippen molar-refractivity contribution in [3.63, 3.8) is 0 Å². The summed E-state index contributed by atoms with van der Waals surface area (Å²) in [5.41, 5.74) is -0.566. The summed E-state index contributed by atoms with van der Waals surface area (Å²) in [5, 5.41) is 21.8. The van der Waals surface area contributed by atoms with Crippen molar-refractivity contribution in [2.24, 2.45) is 0 Å². The molecule has 0 unspecified atom stereocenters. The van der Waals surface area contributed by atoms with Crippen molar-refractivity contribution >= 4 is 47.4 Å². The van der Waals surface area contributed by atoms with Crippen LogP contribution in [0.4, 0.5) is 11.4 Å². The first kappa shape index (κ1) is 16.5. The number of hydrogen-bond donors (Lipinski definition) is 2. The third kappa shape index (κ3) is 3.29. The Morgan fingerprint density at radius 3 is 1.50 bits per heavy atom. The summed E-state index contributed by atoms with van der Waals surface area (Å²) < 4.78 is 12.4. The fraction of sp³-hybridized carbons (Fsp3) is 0. The van der Waals surface area contributed by atoms with Crippen LogP contribution >= 0.6 is 25.3 Å². The first-order valence-electron chi connectivity index (χ1n) is 5.68. The lowest BCUT2D eigenvalue weighted by Gasteiger charge is -2.05. The molecule has 2 aromatic rings. The van der Waals surface area contributed by atoms with E-state index in [1.54, 1.807) is 0 Å². The van der Waals surface area contributed by atoms with E-state index in [9.17, 15) is 24.4 Å². The van der Waals surface area contributed by atoms with Gasteiger partial charge in [-0.1, -0.05) is 0 Å². The molecule has 2 aromatic carbocycles. The fourth-order valence-corrected chi connectivity index (χ4v) is 3.20. The summed E-state index contributed by atoms with van der Waals surface area (Å²) in [7, 11) is -1.79. The van der Waals surface area contributed by atoms with E-state index >= 15 is 0 Å². The molecule has 0 aliphatic rings. The van der Waals surface area contributed by atoms with E-state index in [1.807, 2.05) is 0 Å². The minimum Gasteiger partial charge on any atom is -0.258 e. The summed E-state index contributed by atoms with van der Waals surface area (Å²) in [6, 6.07) is 7.83. The molecule has 0 aromatic heterocycles. The maximum absolute atomic E-state index is 12.4. The lowest BCUT2D eigenvalue weighted by molar-refractivity contribution is -0.388. The van der Waals surface area contributed by atoms with Gasteiger partial charge in [-0.2, -0.15) is 0 Å². The molecule has 22 heavy (non-hydrogen) atoms. The zero-order valence-corrected chi connectivity index (χ0v) is 13.3. The van der Waals surface area contributed by atoms with Crippen molar-refractivity contribution in [1.29, 1.82) is 0 Å². The molecule has 0 heterocycles. The average Bonchev–Trinajstić information content (AvgIpc) is 2.47. The molecule has 0 amide bonds. The smallest absolute Gasteiger partial charge is 0.258 e. The highest BCUT2D eigenvalue weighted by atomic mass is 32.2. The monoisotopic (exact) mass is 356 g/mol. The predicted octanol–water partition coefficient (Wildman–Crippen LogP) is 3.25. The van der Waals surface area contributed by atoms with E-state index in [0.717, 1.165) is 12.1 Å². The zero-order valence-electron chi connectivity index (χ0n) is 10.7. The van der Waals surface area contributed by atoms with Gasteiger partial charge in [0.25, 0.3) is 11.4 Å². The maximum atomic E-state index is 12.4. The lowest BCUT2D eigenvalue weighted by Crippen LogP contribution is -1.98. The van der Waals surface area contributed by atoms with Crippen LogP contribution in [0.1, 0.15) is 0 Å². The fourth-order valence-electron chi connectivity index (χ4n) is 1.67. The van der Waals surface area contributed by atoms with E-state index in [0.29, 0.717) is 0 Å². The van der Waals surface area contributed by atoms with Crippen LogP contribution in [-0.2, 0) is 10.8 Å². The molecule has 0 bridgehead atoms. The Kier molecular flexibility index (Phi) is 4.84. The Balaban J connectivity index is 2.49. The van der Waals surface area contributed by atoms with Gasteiger partial charge in [0.05, 0.1) is 40.2 Å². The standard InChI is InChI=1S/C12H8N2O5S3/c15-13(16)9-5-7(1-3-11(9)20)22(19)8-2-4-12(21)10(6-8)14(17)18/h1-6,20-21H. The van der Waals surface area contributed by atoms with Gasteiger partial charge < -0.3 is 0 Å². The van der Waals surface area contributed by atoms with Crippen molar-refractivity contribution in [2.45, 2.75) is 19.6 Å². The first-order valence-corrected chi connectivity index (χ1v) is 7.72. The molecule has 0 fully saturated rings. The highest BCUT2D eigenvalue weighted by Crippen LogP contribution is 2.30. The zero-order chi connectivity index (χ0) is 16.4. The maximum Gasteiger partial charge on any atom is 0.283 e. The van der Waals surface area contributed by atoms with Gasteiger partial charge in [-0.25, -0.2) is 4.21 Å². The molecule has 0 atom stereocenters. The van der Waals surface area contributed by atoms with Gasteiger partial charge in [0, 0.05) is 12.1 Å². The number of nitro benzene ring substituents is 2. The molecule has 2 rings (SSSR count). The predicted molar refractivity (Wildman–Crippen MR) is 85.4 cm³/mol. The summed E-state index contributed by atoms with van der Waals surface area (Å²) in [6.07, 6.45) is 0. The van der Waals surface area contributed by atoms with E-state index in [-0.39, 0.29) is 31.0 Å². The van der Waals surface area contributed by atoms with Crippen LogP contribution < -0.4 is 0 Å². The van der Waals surface area contributed by atoms with Crippen molar-refractivity contribution in [2.75, 3.05) is 0 Å². The minimum absolute atomic E-state index is 0.141. The van der Waals surface area contributed by atoms with E-state index in [1.165, 1.54) is 24.3 Å². The largest absolute Gasteiger partial charge is 0.283 e. The molecule has 0 saturated heterocycles. The second-order valence-electron chi connectivity index (χ2n) is 4.08. The summed E-state index contributed by atoms with van der Waals surface area (Å²) in [6.45, 7) is 0. The second kappa shape index (κ2) is 6.46. The highest BCUT2D eigenvalue weighted by Gasteiger charge is 2.19. The van der Waals surface area contributed by atoms with Crippen LogP contribution in [0.3, 0.4) is 0 Å². The Hall–Kier alpha value is -1.91. The van der Waals surface area contributed by atoms with E-state index in [2.05, 4.69) is 25.3 Å². The van der Waals surface area contributed by atoms with Gasteiger partial charge in [-0.05, 0) is 24.3 Å². The molecule has 114 valence electrons. The first-order chi connectivity index (χ1) is 10.3. The highest BCUT2D eigenvalue weighted by molar-refractivity contribution is 7.85. The quantitative estimate of drug-likeness (QED) is 0.497. The number of rotatable bonds is 4. The molecule has 0 spiro atoms. The van der Waals surface area contributed by atoms with Crippen LogP contribution in [0.2, 0.25) is 0 Å². The van der Waals surface area contributed by atoms with Gasteiger partial charge in [-0.15, -0.1) is 25.3 Å². The number of hydrogen-bond acceptors (Lipinski definition) is 7. The molecule has 0 aliphatic heterocycles. The van der Waals surface area contributed by atoms with E-state index in [4.69, 9.17) is 0 Å². The van der Waals surface area contributed by atoms with Gasteiger partial charge in [0.15, 0.2) is 0 Å². The molecule has 0 radical (unpaired) electrons. The normalized spacial score (nSPS) is 10.7. The summed E-state index contributed by atoms with van der Waals surface area (Å²) in [4.78, 5) is 21.1. The van der Waals surface area contributed by atoms with Crippen LogP contribution in [-0.4, -0.2) is 14.1 Å². The minimum atomic E-state index is -1.79. The van der Waals surface area contributed by atoms with Crippen LogP contribution in [0.5, 0.6) is 0 Å². The van der Waals surface area contributed by atoms with Crippen LogP contribution in [0, 0.1) is 20.2 Å². The number of benzene rings is 2. The van der Waals surface area contributed by atoms with E-state index < -0.39 is 20.6 Å².